The number of halogens is 1. The van der Waals surface area contributed by atoms with Crippen molar-refractivity contribution < 1.29 is 18.1 Å². The van der Waals surface area contributed by atoms with Crippen LogP contribution in [-0.2, 0) is 6.54 Å². The van der Waals surface area contributed by atoms with Gasteiger partial charge in [0.2, 0.25) is 0 Å². The number of hydrogen-bond acceptors (Lipinski definition) is 8. The highest BCUT2D eigenvalue weighted by atomic mass is 19.1. The largest absolute Gasteiger partial charge is 0.496 e. The molecule has 0 saturated heterocycles. The van der Waals surface area contributed by atoms with Crippen molar-refractivity contribution >= 4 is 5.69 Å². The molecule has 0 aliphatic carbocycles. The van der Waals surface area contributed by atoms with Crippen LogP contribution in [0.2, 0.25) is 0 Å². The monoisotopic (exact) mass is 457 g/mol. The summed E-state index contributed by atoms with van der Waals surface area (Å²) in [6, 6.07) is 17.9. The van der Waals surface area contributed by atoms with Crippen LogP contribution in [0.5, 0.6) is 5.75 Å². The van der Waals surface area contributed by atoms with Gasteiger partial charge in [0.25, 0.3) is 11.8 Å². The van der Waals surface area contributed by atoms with E-state index in [9.17, 15) is 4.39 Å². The van der Waals surface area contributed by atoms with E-state index in [1.807, 2.05) is 48.5 Å². The van der Waals surface area contributed by atoms with Gasteiger partial charge in [0.15, 0.2) is 0 Å². The molecule has 5 rings (SSSR count). The number of aryl methyl sites for hydroxylation is 1. The number of ether oxygens (including phenoxy) is 1. The average molecular weight is 457 g/mol. The van der Waals surface area contributed by atoms with Crippen molar-refractivity contribution in [3.63, 3.8) is 0 Å². The quantitative estimate of drug-likeness (QED) is 0.341. The van der Waals surface area contributed by atoms with Gasteiger partial charge in [-0.1, -0.05) is 41.6 Å². The molecule has 1 N–H and O–H groups in total. The minimum atomic E-state index is -0.488. The molecule has 0 unspecified atom stereocenters. The van der Waals surface area contributed by atoms with Crippen LogP contribution in [0.1, 0.15) is 11.5 Å². The average Bonchev–Trinajstić information content (AvgIpc) is 3.51. The van der Waals surface area contributed by atoms with Crippen molar-refractivity contribution in [2.75, 3.05) is 12.4 Å². The van der Waals surface area contributed by atoms with E-state index in [-0.39, 0.29) is 17.5 Å². The fourth-order valence-corrected chi connectivity index (χ4v) is 3.56. The molecule has 5 aromatic rings. The molecule has 0 aliphatic rings. The maximum atomic E-state index is 14.9. The second-order valence-electron chi connectivity index (χ2n) is 7.45. The van der Waals surface area contributed by atoms with Gasteiger partial charge >= 0.3 is 0 Å². The van der Waals surface area contributed by atoms with Gasteiger partial charge in [0.1, 0.15) is 28.6 Å². The van der Waals surface area contributed by atoms with Gasteiger partial charge in [-0.05, 0) is 25.1 Å². The van der Waals surface area contributed by atoms with Gasteiger partial charge in [-0.3, -0.25) is 4.98 Å². The minimum Gasteiger partial charge on any atom is -0.496 e. The maximum absolute atomic E-state index is 14.9. The number of nitrogens with zero attached hydrogens (tertiary/aromatic N) is 4. The first-order chi connectivity index (χ1) is 16.6. The Hall–Kier alpha value is -4.53. The molecular weight excluding hydrogens is 437 g/mol. The molecule has 0 amide bonds. The maximum Gasteiger partial charge on any atom is 0.254 e. The van der Waals surface area contributed by atoms with Crippen LogP contribution in [0.4, 0.5) is 10.1 Å². The first-order valence-electron chi connectivity index (χ1n) is 10.5. The molecule has 2 aromatic carbocycles. The number of nitrogens with one attached hydrogen (secondary N) is 1. The van der Waals surface area contributed by atoms with Crippen molar-refractivity contribution in [3.8, 4) is 39.9 Å². The number of methoxy groups -OCH3 is 1. The molecule has 34 heavy (non-hydrogen) atoms. The van der Waals surface area contributed by atoms with E-state index >= 15 is 0 Å². The van der Waals surface area contributed by atoms with Crippen LogP contribution in [0, 0.1) is 12.7 Å². The third-order valence-corrected chi connectivity index (χ3v) is 5.25. The smallest absolute Gasteiger partial charge is 0.254 e. The van der Waals surface area contributed by atoms with Gasteiger partial charge in [0.05, 0.1) is 30.6 Å². The lowest BCUT2D eigenvalue weighted by atomic mass is 10.1. The highest BCUT2D eigenvalue weighted by Gasteiger charge is 2.24. The van der Waals surface area contributed by atoms with Gasteiger partial charge in [-0.25, -0.2) is 4.39 Å². The molecule has 0 aliphatic heterocycles. The number of benzene rings is 2. The second kappa shape index (κ2) is 9.14. The molecule has 0 spiro atoms. The predicted molar refractivity (Wildman–Crippen MR) is 123 cm³/mol. The molecule has 0 radical (unpaired) electrons. The van der Waals surface area contributed by atoms with Crippen molar-refractivity contribution in [1.29, 1.82) is 0 Å². The lowest BCUT2D eigenvalue weighted by Gasteiger charge is -2.11. The van der Waals surface area contributed by atoms with Gasteiger partial charge in [0, 0.05) is 17.8 Å². The van der Waals surface area contributed by atoms with E-state index in [2.05, 4.69) is 25.7 Å². The summed E-state index contributed by atoms with van der Waals surface area (Å²) in [6.07, 6.45) is 1.69. The van der Waals surface area contributed by atoms with Gasteiger partial charge in [-0.2, -0.15) is 0 Å². The molecule has 0 fully saturated rings. The molecule has 0 saturated carbocycles. The Morgan fingerprint density at radius 3 is 2.56 bits per heavy atom. The molecule has 0 bridgehead atoms. The highest BCUT2D eigenvalue weighted by Crippen LogP contribution is 2.38. The summed E-state index contributed by atoms with van der Waals surface area (Å²) in [5, 5.41) is 15.5. The molecule has 0 atom stereocenters. The fraction of sp³-hybridized carbons (Fsp3) is 0.120. The summed E-state index contributed by atoms with van der Waals surface area (Å²) in [4.78, 5) is 4.23. The van der Waals surface area contributed by atoms with E-state index in [0.29, 0.717) is 34.9 Å². The summed E-state index contributed by atoms with van der Waals surface area (Å²) >= 11 is 0. The summed E-state index contributed by atoms with van der Waals surface area (Å²) in [6.45, 7) is 2.13. The van der Waals surface area contributed by atoms with E-state index in [1.165, 1.54) is 13.2 Å². The Morgan fingerprint density at radius 1 is 1.00 bits per heavy atom. The molecule has 9 heteroatoms. The first-order valence-corrected chi connectivity index (χ1v) is 10.5. The fourth-order valence-electron chi connectivity index (χ4n) is 3.56. The van der Waals surface area contributed by atoms with Crippen LogP contribution >= 0.6 is 0 Å². The highest BCUT2D eigenvalue weighted by molar-refractivity contribution is 5.78. The molecule has 3 aromatic heterocycles. The third kappa shape index (κ3) is 4.11. The van der Waals surface area contributed by atoms with Crippen molar-refractivity contribution in [1.82, 2.24) is 20.3 Å². The van der Waals surface area contributed by atoms with Crippen LogP contribution in [0.25, 0.3) is 34.2 Å². The molecule has 8 nitrogen and oxygen atoms in total. The summed E-state index contributed by atoms with van der Waals surface area (Å²) in [5.74, 6) is 0.749. The summed E-state index contributed by atoms with van der Waals surface area (Å²) < 4.78 is 31.7. The van der Waals surface area contributed by atoms with Crippen LogP contribution in [-0.4, -0.2) is 27.4 Å². The van der Waals surface area contributed by atoms with Crippen molar-refractivity contribution in [2.24, 2.45) is 0 Å². The first kappa shape index (κ1) is 21.3. The van der Waals surface area contributed by atoms with E-state index < -0.39 is 5.82 Å². The minimum absolute atomic E-state index is 0.113. The number of hydrogen-bond donors (Lipinski definition) is 1. The Bertz CT molecular complexity index is 1420. The Kier molecular flexibility index (Phi) is 5.73. The lowest BCUT2D eigenvalue weighted by Crippen LogP contribution is -2.04. The van der Waals surface area contributed by atoms with Crippen LogP contribution in [0.3, 0.4) is 0 Å². The number of rotatable bonds is 7. The van der Waals surface area contributed by atoms with E-state index in [1.54, 1.807) is 19.2 Å². The SMILES string of the molecule is COc1cc(NCc2ccccn2)c(F)cc1-c1nnc(-c2c(-c3ccccc3)noc2C)o1. The zero-order chi connectivity index (χ0) is 23.5. The number of pyridine rings is 1. The standard InChI is InChI=1S/C25H20FN5O3/c1-15-22(23(31-34-15)16-8-4-3-5-9-16)25-30-29-24(33-25)18-12-19(26)20(13-21(18)32-2)28-14-17-10-6-7-11-27-17/h3-13,28H,14H2,1-2H3. The van der Waals surface area contributed by atoms with Gasteiger partial charge in [-0.15, -0.1) is 10.2 Å². The zero-order valence-corrected chi connectivity index (χ0v) is 18.4. The summed E-state index contributed by atoms with van der Waals surface area (Å²) in [5.41, 5.74) is 3.40. The van der Waals surface area contributed by atoms with Gasteiger partial charge < -0.3 is 19.0 Å². The normalized spacial score (nSPS) is 10.9. The van der Waals surface area contributed by atoms with Crippen LogP contribution < -0.4 is 10.1 Å². The van der Waals surface area contributed by atoms with Crippen LogP contribution in [0.15, 0.2) is 75.8 Å². The molecular formula is C25H20FN5O3. The Morgan fingerprint density at radius 2 is 1.79 bits per heavy atom. The van der Waals surface area contributed by atoms with Crippen molar-refractivity contribution in [2.45, 2.75) is 13.5 Å². The summed E-state index contributed by atoms with van der Waals surface area (Å²) in [7, 11) is 1.49. The topological polar surface area (TPSA) is 99.1 Å². The molecule has 170 valence electrons. The van der Waals surface area contributed by atoms with Crippen molar-refractivity contribution in [3.05, 3.63) is 84.1 Å². The predicted octanol–water partition coefficient (Wildman–Crippen LogP) is 5.52. The number of aromatic nitrogens is 4. The molecule has 3 heterocycles. The Labute approximate surface area is 194 Å². The van der Waals surface area contributed by atoms with E-state index in [4.69, 9.17) is 13.7 Å². The second-order valence-corrected chi connectivity index (χ2v) is 7.45. The third-order valence-electron chi connectivity index (χ3n) is 5.25. The van der Waals surface area contributed by atoms with E-state index in [0.717, 1.165) is 11.3 Å². The zero-order valence-electron chi connectivity index (χ0n) is 18.4. The number of anilines is 1. The lowest BCUT2D eigenvalue weighted by molar-refractivity contribution is 0.399. The Balaban J connectivity index is 1.47.